The number of carboxylic acid groups (broad SMARTS) is 2. The number of aliphatic carboxylic acids is 2. The zero-order valence-corrected chi connectivity index (χ0v) is 19.7. The molecule has 41 heavy (non-hydrogen) atoms. The van der Waals surface area contributed by atoms with Crippen LogP contribution in [0.2, 0.25) is 0 Å². The van der Waals surface area contributed by atoms with Crippen molar-refractivity contribution in [1.82, 2.24) is 15.2 Å². The first-order chi connectivity index (χ1) is 18.8. The molecule has 0 amide bonds. The maximum Gasteiger partial charge on any atom is 0.573 e. The summed E-state index contributed by atoms with van der Waals surface area (Å²) in [6.07, 6.45) is -12.4. The van der Waals surface area contributed by atoms with Crippen molar-refractivity contribution in [3.05, 3.63) is 47.3 Å². The van der Waals surface area contributed by atoms with Crippen LogP contribution in [0.25, 0.3) is 22.4 Å². The number of nitrogen functional groups attached to an aromatic ring is 1. The third-order valence-corrected chi connectivity index (χ3v) is 4.90. The maximum absolute atomic E-state index is 12.9. The first kappa shape index (κ1) is 32.2. The molecule has 1 aliphatic carbocycles. The molecule has 0 aliphatic heterocycles. The number of alkyl halides is 9. The number of para-hydroxylation sites is 1. The van der Waals surface area contributed by atoms with Crippen LogP contribution >= 0.6 is 0 Å². The number of hydrogen-bond acceptors (Lipinski definition) is 7. The van der Waals surface area contributed by atoms with Crippen molar-refractivity contribution in [3.63, 3.8) is 0 Å². The van der Waals surface area contributed by atoms with Crippen LogP contribution in [0.3, 0.4) is 0 Å². The Balaban J connectivity index is 0.000000349. The summed E-state index contributed by atoms with van der Waals surface area (Å²) in [5, 5.41) is 30.7. The van der Waals surface area contributed by atoms with Gasteiger partial charge >= 0.3 is 30.7 Å². The van der Waals surface area contributed by atoms with Crippen LogP contribution in [0.4, 0.5) is 45.3 Å². The number of aromatic nitrogens is 3. The van der Waals surface area contributed by atoms with E-state index in [1.807, 2.05) is 6.07 Å². The Morgan fingerprint density at radius 3 is 1.98 bits per heavy atom. The van der Waals surface area contributed by atoms with Crippen molar-refractivity contribution in [3.8, 4) is 34.2 Å². The number of anilines is 1. The molecule has 0 unspecified atom stereocenters. The third-order valence-electron chi connectivity index (χ3n) is 4.90. The fourth-order valence-electron chi connectivity index (χ4n) is 3.36. The summed E-state index contributed by atoms with van der Waals surface area (Å²) in [7, 11) is 0. The molecule has 0 saturated carbocycles. The molecule has 0 fully saturated rings. The van der Waals surface area contributed by atoms with Gasteiger partial charge in [0.25, 0.3) is 0 Å². The molecule has 5 N–H and O–H groups in total. The number of carbonyl (C=O) groups is 2. The van der Waals surface area contributed by atoms with Gasteiger partial charge in [-0.15, -0.1) is 13.2 Å². The van der Waals surface area contributed by atoms with Crippen LogP contribution in [0, 0.1) is 11.3 Å². The number of benzene rings is 1. The second-order valence-corrected chi connectivity index (χ2v) is 7.60. The highest BCUT2D eigenvalue weighted by molar-refractivity contribution is 5.88. The monoisotopic (exact) mass is 599 g/mol. The molecule has 2 aromatic heterocycles. The van der Waals surface area contributed by atoms with Gasteiger partial charge < -0.3 is 20.7 Å². The van der Waals surface area contributed by atoms with E-state index >= 15 is 0 Å². The van der Waals surface area contributed by atoms with E-state index in [1.54, 1.807) is 12.3 Å². The van der Waals surface area contributed by atoms with Gasteiger partial charge in [0.2, 0.25) is 0 Å². The smallest absolute Gasteiger partial charge is 0.475 e. The van der Waals surface area contributed by atoms with E-state index in [2.05, 4.69) is 19.9 Å². The molecule has 19 heteroatoms. The Morgan fingerprint density at radius 2 is 1.49 bits per heavy atom. The number of fused-ring (bicyclic) bond motifs is 3. The number of hydrogen-bond donors (Lipinski definition) is 4. The molecule has 0 saturated heterocycles. The molecule has 0 radical (unpaired) electrons. The molecule has 0 atom stereocenters. The summed E-state index contributed by atoms with van der Waals surface area (Å²) < 4.78 is 106. The minimum atomic E-state index is -5.08. The highest BCUT2D eigenvalue weighted by atomic mass is 19.4. The van der Waals surface area contributed by atoms with Crippen LogP contribution in [0.5, 0.6) is 5.75 Å². The normalized spacial score (nSPS) is 12.3. The van der Waals surface area contributed by atoms with Crippen molar-refractivity contribution in [2.75, 3.05) is 5.73 Å². The number of halogens is 9. The Kier molecular flexibility index (Phi) is 9.43. The Bertz CT molecular complexity index is 1450. The fourth-order valence-corrected chi connectivity index (χ4v) is 3.36. The number of carboxylic acids is 2. The Labute approximate surface area is 221 Å². The predicted molar refractivity (Wildman–Crippen MR) is 118 cm³/mol. The standard InChI is InChI=1S/C18H12F3N5O.2C2HF3O2/c19-18(20,21)27-14-4-2-1-3-9(14)15-10-5-6-13-12(8-24-26-13)16(10)25-17(23)11(15)7-22;2*3-2(4,5)1(6)7/h1-4,8H,5-6H2,(H2,23,25)(H,24,26);2*(H,6,7). The van der Waals surface area contributed by atoms with Crippen molar-refractivity contribution >= 4 is 17.8 Å². The van der Waals surface area contributed by atoms with Crippen molar-refractivity contribution in [1.29, 1.82) is 5.26 Å². The molecule has 3 aromatic rings. The van der Waals surface area contributed by atoms with E-state index < -0.39 is 36.4 Å². The van der Waals surface area contributed by atoms with Crippen LogP contribution < -0.4 is 10.5 Å². The highest BCUT2D eigenvalue weighted by Gasteiger charge is 2.39. The lowest BCUT2D eigenvalue weighted by molar-refractivity contribution is -0.274. The molecular formula is C22H14F9N5O5. The maximum atomic E-state index is 12.9. The lowest BCUT2D eigenvalue weighted by atomic mass is 9.85. The van der Waals surface area contributed by atoms with Crippen molar-refractivity contribution < 1.29 is 64.1 Å². The second kappa shape index (κ2) is 12.0. The van der Waals surface area contributed by atoms with Gasteiger partial charge in [-0.2, -0.15) is 36.7 Å². The number of aromatic amines is 1. The van der Waals surface area contributed by atoms with E-state index in [-0.39, 0.29) is 16.9 Å². The lowest BCUT2D eigenvalue weighted by Crippen LogP contribution is -2.21. The molecule has 1 aliphatic rings. The molecule has 2 heterocycles. The molecule has 4 rings (SSSR count). The predicted octanol–water partition coefficient (Wildman–Crippen LogP) is 4.86. The zero-order chi connectivity index (χ0) is 31.3. The van der Waals surface area contributed by atoms with Gasteiger partial charge in [-0.25, -0.2) is 14.6 Å². The Hall–Kier alpha value is -5.02. The van der Waals surface area contributed by atoms with E-state index in [1.165, 1.54) is 18.2 Å². The SMILES string of the molecule is N#Cc1c(N)nc2c(c1-c1ccccc1OC(F)(F)F)CCc1[nH]ncc1-2.O=C(O)C(F)(F)F.O=C(O)C(F)(F)F. The van der Waals surface area contributed by atoms with Gasteiger partial charge in [0.15, 0.2) is 0 Å². The first-order valence-electron chi connectivity index (χ1n) is 10.5. The zero-order valence-electron chi connectivity index (χ0n) is 19.7. The van der Waals surface area contributed by atoms with Crippen molar-refractivity contribution in [2.24, 2.45) is 0 Å². The molecule has 10 nitrogen and oxygen atoms in total. The molecule has 0 spiro atoms. The van der Waals surface area contributed by atoms with Crippen LogP contribution in [-0.2, 0) is 22.4 Å². The van der Waals surface area contributed by atoms with E-state index in [9.17, 15) is 44.8 Å². The average molecular weight is 599 g/mol. The summed E-state index contributed by atoms with van der Waals surface area (Å²) in [5.41, 5.74) is 9.20. The second-order valence-electron chi connectivity index (χ2n) is 7.60. The number of aryl methyl sites for hydroxylation is 1. The van der Waals surface area contributed by atoms with Crippen LogP contribution in [-0.4, -0.2) is 56.0 Å². The number of nitrogens with zero attached hydrogens (tertiary/aromatic N) is 3. The minimum absolute atomic E-state index is 0.0268. The highest BCUT2D eigenvalue weighted by Crippen LogP contribution is 2.44. The van der Waals surface area contributed by atoms with Gasteiger partial charge in [0.05, 0.1) is 11.9 Å². The molecular weight excluding hydrogens is 585 g/mol. The van der Waals surface area contributed by atoms with Crippen LogP contribution in [0.1, 0.15) is 16.8 Å². The van der Waals surface area contributed by atoms with E-state index in [0.29, 0.717) is 29.7 Å². The topological polar surface area (TPSA) is 175 Å². The number of ether oxygens (including phenoxy) is 1. The molecule has 220 valence electrons. The van der Waals surface area contributed by atoms with Gasteiger partial charge in [-0.1, -0.05) is 18.2 Å². The van der Waals surface area contributed by atoms with Gasteiger partial charge in [0.1, 0.15) is 23.2 Å². The van der Waals surface area contributed by atoms with Gasteiger partial charge in [-0.3, -0.25) is 5.10 Å². The van der Waals surface area contributed by atoms with E-state index in [4.69, 9.17) is 25.5 Å². The third kappa shape index (κ3) is 8.23. The van der Waals surface area contributed by atoms with Crippen molar-refractivity contribution in [2.45, 2.75) is 31.6 Å². The number of nitriles is 1. The number of H-pyrrole nitrogens is 1. The Morgan fingerprint density at radius 1 is 0.951 bits per heavy atom. The summed E-state index contributed by atoms with van der Waals surface area (Å²) in [6, 6.07) is 7.66. The number of nitrogens with one attached hydrogen (secondary N) is 1. The number of rotatable bonds is 2. The average Bonchev–Trinajstić information content (AvgIpc) is 3.32. The van der Waals surface area contributed by atoms with Gasteiger partial charge in [0, 0.05) is 22.4 Å². The number of nitrogens with two attached hydrogens (primary N) is 1. The summed E-state index contributed by atoms with van der Waals surface area (Å²) >= 11 is 0. The molecule has 0 bridgehead atoms. The largest absolute Gasteiger partial charge is 0.573 e. The van der Waals surface area contributed by atoms with E-state index in [0.717, 1.165) is 11.3 Å². The van der Waals surface area contributed by atoms with Gasteiger partial charge in [-0.05, 0) is 24.5 Å². The quantitative estimate of drug-likeness (QED) is 0.300. The van der Waals surface area contributed by atoms with Crippen LogP contribution in [0.15, 0.2) is 30.5 Å². The molecule has 1 aromatic carbocycles. The minimum Gasteiger partial charge on any atom is -0.475 e. The fraction of sp³-hybridized carbons (Fsp3) is 0.227. The summed E-state index contributed by atoms with van der Waals surface area (Å²) in [4.78, 5) is 22.1. The number of pyridine rings is 1. The summed E-state index contributed by atoms with van der Waals surface area (Å²) in [5.74, 6) is -5.96. The first-order valence-corrected chi connectivity index (χ1v) is 10.5. The summed E-state index contributed by atoms with van der Waals surface area (Å²) in [6.45, 7) is 0. The lowest BCUT2D eigenvalue weighted by Gasteiger charge is -2.22.